The normalized spacial score (nSPS) is 14.2. The summed E-state index contributed by atoms with van der Waals surface area (Å²) in [7, 11) is 1.63. The van der Waals surface area contributed by atoms with Gasteiger partial charge in [-0.3, -0.25) is 4.79 Å². The SMILES string of the molecule is C=c1cc2n(/c1=C/C=C\C)CCCn1cc(C(=O)NCCOC)c3cccc-2c31. The Morgan fingerprint density at radius 3 is 3.00 bits per heavy atom. The van der Waals surface area contributed by atoms with Crippen molar-refractivity contribution < 1.29 is 9.53 Å². The van der Waals surface area contributed by atoms with Crippen LogP contribution in [0.25, 0.3) is 34.8 Å². The van der Waals surface area contributed by atoms with Crippen LogP contribution < -0.4 is 15.9 Å². The third-order valence-corrected chi connectivity index (χ3v) is 5.46. The first-order valence-electron chi connectivity index (χ1n) is 10.1. The predicted octanol–water partition coefficient (Wildman–Crippen LogP) is 2.66. The number of rotatable bonds is 5. The van der Waals surface area contributed by atoms with E-state index in [1.165, 1.54) is 0 Å². The maximum absolute atomic E-state index is 12.8. The van der Waals surface area contributed by atoms with E-state index in [1.54, 1.807) is 7.11 Å². The Morgan fingerprint density at radius 2 is 2.21 bits per heavy atom. The van der Waals surface area contributed by atoms with E-state index in [9.17, 15) is 4.79 Å². The van der Waals surface area contributed by atoms with E-state index in [0.717, 1.165) is 52.2 Å². The van der Waals surface area contributed by atoms with Gasteiger partial charge in [-0.25, -0.2) is 0 Å². The molecule has 1 aliphatic heterocycles. The molecule has 0 unspecified atom stereocenters. The molecular weight excluding hydrogens is 362 g/mol. The van der Waals surface area contributed by atoms with Gasteiger partial charge in [-0.1, -0.05) is 36.9 Å². The van der Waals surface area contributed by atoms with Gasteiger partial charge in [-0.15, -0.1) is 0 Å². The second-order valence-electron chi connectivity index (χ2n) is 7.32. The Balaban J connectivity index is 1.90. The van der Waals surface area contributed by atoms with Crippen molar-refractivity contribution in [2.24, 2.45) is 0 Å². The van der Waals surface area contributed by atoms with Crippen molar-refractivity contribution >= 4 is 29.5 Å². The summed E-state index contributed by atoms with van der Waals surface area (Å²) in [6.45, 7) is 9.07. The van der Waals surface area contributed by atoms with Crippen molar-refractivity contribution in [1.29, 1.82) is 0 Å². The highest BCUT2D eigenvalue weighted by molar-refractivity contribution is 6.10. The lowest BCUT2D eigenvalue weighted by Crippen LogP contribution is -2.28. The zero-order valence-corrected chi connectivity index (χ0v) is 17.1. The predicted molar refractivity (Wildman–Crippen MR) is 118 cm³/mol. The van der Waals surface area contributed by atoms with Crippen LogP contribution in [0.5, 0.6) is 0 Å². The van der Waals surface area contributed by atoms with E-state index in [0.29, 0.717) is 18.7 Å². The van der Waals surface area contributed by atoms with Crippen LogP contribution in [-0.4, -0.2) is 35.3 Å². The highest BCUT2D eigenvalue weighted by Gasteiger charge is 2.21. The van der Waals surface area contributed by atoms with Crippen LogP contribution in [0.2, 0.25) is 0 Å². The maximum atomic E-state index is 12.8. The molecule has 1 amide bonds. The first kappa shape index (κ1) is 19.3. The summed E-state index contributed by atoms with van der Waals surface area (Å²) in [4.78, 5) is 12.8. The Bertz CT molecular complexity index is 1200. The monoisotopic (exact) mass is 389 g/mol. The third kappa shape index (κ3) is 3.42. The number of para-hydroxylation sites is 1. The Morgan fingerprint density at radius 1 is 1.34 bits per heavy atom. The van der Waals surface area contributed by atoms with E-state index in [1.807, 2.05) is 31.3 Å². The molecule has 1 aromatic carbocycles. The topological polar surface area (TPSA) is 48.2 Å². The van der Waals surface area contributed by atoms with E-state index in [2.05, 4.69) is 45.3 Å². The average Bonchev–Trinajstić information content (AvgIpc) is 3.23. The van der Waals surface area contributed by atoms with Gasteiger partial charge in [0.05, 0.1) is 23.4 Å². The minimum absolute atomic E-state index is 0.0578. The second kappa shape index (κ2) is 8.13. The lowest BCUT2D eigenvalue weighted by Gasteiger charge is -2.17. The molecule has 3 aromatic rings. The number of allylic oxidation sites excluding steroid dienone is 2. The van der Waals surface area contributed by atoms with Crippen molar-refractivity contribution in [3.05, 3.63) is 58.7 Å². The number of aryl methyl sites for hydroxylation is 1. The largest absolute Gasteiger partial charge is 0.383 e. The fraction of sp³-hybridized carbons (Fsp3) is 0.292. The number of ether oxygens (including phenoxy) is 1. The van der Waals surface area contributed by atoms with Crippen LogP contribution >= 0.6 is 0 Å². The molecule has 5 nitrogen and oxygen atoms in total. The number of nitrogens with one attached hydrogen (secondary N) is 1. The van der Waals surface area contributed by atoms with Gasteiger partial charge in [0.25, 0.3) is 5.91 Å². The van der Waals surface area contributed by atoms with Crippen molar-refractivity contribution in [1.82, 2.24) is 14.5 Å². The van der Waals surface area contributed by atoms with Gasteiger partial charge in [-0.2, -0.15) is 0 Å². The highest BCUT2D eigenvalue weighted by atomic mass is 16.5. The zero-order chi connectivity index (χ0) is 20.4. The molecular formula is C24H27N3O2. The van der Waals surface area contributed by atoms with Crippen molar-refractivity contribution in [2.75, 3.05) is 20.3 Å². The Labute approximate surface area is 170 Å². The number of nitrogens with zero attached hydrogens (tertiary/aromatic N) is 2. The fourth-order valence-electron chi connectivity index (χ4n) is 4.15. The summed E-state index contributed by atoms with van der Waals surface area (Å²) >= 11 is 0. The van der Waals surface area contributed by atoms with E-state index < -0.39 is 0 Å². The van der Waals surface area contributed by atoms with Crippen LogP contribution in [0.3, 0.4) is 0 Å². The minimum Gasteiger partial charge on any atom is -0.383 e. The molecule has 150 valence electrons. The van der Waals surface area contributed by atoms with E-state index >= 15 is 0 Å². The van der Waals surface area contributed by atoms with E-state index in [-0.39, 0.29) is 5.91 Å². The molecule has 1 aliphatic rings. The zero-order valence-electron chi connectivity index (χ0n) is 17.1. The maximum Gasteiger partial charge on any atom is 0.253 e. The lowest BCUT2D eigenvalue weighted by molar-refractivity contribution is 0.0938. The van der Waals surface area contributed by atoms with E-state index in [4.69, 9.17) is 4.74 Å². The lowest BCUT2D eigenvalue weighted by atomic mass is 10.0. The number of aromatic nitrogens is 2. The number of hydrogen-bond acceptors (Lipinski definition) is 2. The third-order valence-electron chi connectivity index (χ3n) is 5.46. The van der Waals surface area contributed by atoms with Crippen molar-refractivity contribution in [3.8, 4) is 11.3 Å². The minimum atomic E-state index is -0.0578. The number of carbonyl (C=O) groups is 1. The molecule has 0 saturated heterocycles. The number of amides is 1. The van der Waals surface area contributed by atoms with Crippen LogP contribution in [0.4, 0.5) is 0 Å². The van der Waals surface area contributed by atoms with Gasteiger partial charge in [0.1, 0.15) is 0 Å². The number of fused-ring (bicyclic) bond motifs is 2. The van der Waals surface area contributed by atoms with Crippen LogP contribution in [0.15, 0.2) is 42.6 Å². The molecule has 0 spiro atoms. The van der Waals surface area contributed by atoms with Gasteiger partial charge < -0.3 is 19.2 Å². The van der Waals surface area contributed by atoms with Crippen LogP contribution in [0, 0.1) is 0 Å². The molecule has 1 N–H and O–H groups in total. The Hall–Kier alpha value is -3.05. The first-order chi connectivity index (χ1) is 14.2. The molecule has 0 radical (unpaired) electrons. The molecule has 4 rings (SSSR count). The summed E-state index contributed by atoms with van der Waals surface area (Å²) in [5, 5.41) is 6.10. The summed E-state index contributed by atoms with van der Waals surface area (Å²) in [5.41, 5.74) is 4.12. The standard InChI is InChI=1S/C24H27N3O2/c1-4-5-10-21-17(2)15-22-19-9-6-8-18-20(24(28)25-11-14-29-3)16-26(23(18)19)12-7-13-27(21)22/h4-6,8-10,15-16H,2,7,11-14H2,1,3H3,(H,25,28)/b5-4-,21-10+. The average molecular weight is 389 g/mol. The highest BCUT2D eigenvalue weighted by Crippen LogP contribution is 2.33. The van der Waals surface area contributed by atoms with Gasteiger partial charge in [0, 0.05) is 49.2 Å². The molecule has 2 aromatic heterocycles. The number of carbonyl (C=O) groups excluding carboxylic acids is 1. The van der Waals surface area contributed by atoms with Crippen LogP contribution in [-0.2, 0) is 17.8 Å². The number of hydrogen-bond donors (Lipinski definition) is 1. The fourth-order valence-corrected chi connectivity index (χ4v) is 4.15. The molecule has 0 bridgehead atoms. The molecule has 29 heavy (non-hydrogen) atoms. The van der Waals surface area contributed by atoms with Gasteiger partial charge >= 0.3 is 0 Å². The summed E-state index contributed by atoms with van der Waals surface area (Å²) in [6.07, 6.45) is 9.19. The van der Waals surface area contributed by atoms with Crippen molar-refractivity contribution in [2.45, 2.75) is 26.4 Å². The number of benzene rings is 1. The summed E-state index contributed by atoms with van der Waals surface area (Å²) in [5.74, 6) is -0.0578. The molecule has 5 heteroatoms. The van der Waals surface area contributed by atoms with Crippen LogP contribution in [0.1, 0.15) is 23.7 Å². The summed E-state index contributed by atoms with van der Waals surface area (Å²) < 4.78 is 9.63. The quantitative estimate of drug-likeness (QED) is 0.682. The molecule has 0 fully saturated rings. The van der Waals surface area contributed by atoms with Gasteiger partial charge in [0.2, 0.25) is 0 Å². The van der Waals surface area contributed by atoms with Gasteiger partial charge in [0.15, 0.2) is 0 Å². The Kier molecular flexibility index (Phi) is 5.41. The molecule has 0 aliphatic carbocycles. The summed E-state index contributed by atoms with van der Waals surface area (Å²) in [6, 6.07) is 8.37. The smallest absolute Gasteiger partial charge is 0.253 e. The molecule has 0 atom stereocenters. The van der Waals surface area contributed by atoms with Crippen molar-refractivity contribution in [3.63, 3.8) is 0 Å². The van der Waals surface area contributed by atoms with Gasteiger partial charge in [-0.05, 0) is 30.7 Å². The number of methoxy groups -OCH3 is 1. The molecule has 0 saturated carbocycles. The second-order valence-corrected chi connectivity index (χ2v) is 7.32. The first-order valence-corrected chi connectivity index (χ1v) is 10.1. The molecule has 3 heterocycles.